The molecule has 0 unspecified atom stereocenters. The minimum atomic E-state index is -4.54. The Hall–Kier alpha value is -2.11. The number of nitrogens with zero attached hydrogens (tertiary/aromatic N) is 4. The predicted octanol–water partition coefficient (Wildman–Crippen LogP) is 3.18. The van der Waals surface area contributed by atoms with Crippen LogP contribution < -0.4 is 10.5 Å². The van der Waals surface area contributed by atoms with Crippen molar-refractivity contribution in [1.29, 1.82) is 0 Å². The monoisotopic (exact) mass is 478 g/mol. The lowest BCUT2D eigenvalue weighted by atomic mass is 10.1. The largest absolute Gasteiger partial charge is 0.416 e. The number of rotatable bonds is 3. The fourth-order valence-electron chi connectivity index (χ4n) is 3.26. The van der Waals surface area contributed by atoms with E-state index in [9.17, 15) is 26.4 Å². The Balaban J connectivity index is 1.76. The van der Waals surface area contributed by atoms with Gasteiger partial charge in [0.05, 0.1) is 27.9 Å². The number of sulfonamides is 1. The third-order valence-corrected chi connectivity index (χ3v) is 7.20. The molecule has 0 aliphatic carbocycles. The summed E-state index contributed by atoms with van der Waals surface area (Å²) in [4.78, 5) is 14.1. The molecule has 0 spiro atoms. The van der Waals surface area contributed by atoms with Crippen LogP contribution in [0.1, 0.15) is 26.3 Å². The zero-order chi connectivity index (χ0) is 23.2. The molecule has 7 nitrogen and oxygen atoms in total. The molecule has 2 heterocycles. The van der Waals surface area contributed by atoms with Gasteiger partial charge in [-0.15, -0.1) is 0 Å². The van der Waals surface area contributed by atoms with Crippen molar-refractivity contribution < 1.29 is 21.6 Å². The average molecular weight is 479 g/mol. The van der Waals surface area contributed by atoms with Crippen LogP contribution in [-0.2, 0) is 21.7 Å². The molecule has 1 aliphatic rings. The van der Waals surface area contributed by atoms with E-state index in [4.69, 9.17) is 11.6 Å². The minimum absolute atomic E-state index is 0.00368. The molecule has 1 aromatic carbocycles. The lowest BCUT2D eigenvalue weighted by molar-refractivity contribution is -0.137. The van der Waals surface area contributed by atoms with Crippen LogP contribution in [0.2, 0.25) is 5.02 Å². The summed E-state index contributed by atoms with van der Waals surface area (Å²) >= 11 is 6.27. The molecule has 31 heavy (non-hydrogen) atoms. The van der Waals surface area contributed by atoms with Gasteiger partial charge in [0, 0.05) is 26.2 Å². The molecule has 1 aliphatic heterocycles. The highest BCUT2D eigenvalue weighted by atomic mass is 35.5. The first kappa shape index (κ1) is 23.6. The molecule has 170 valence electrons. The molecule has 0 amide bonds. The molecular weight excluding hydrogens is 457 g/mol. The molecule has 0 radical (unpaired) electrons. The fourth-order valence-corrected chi connectivity index (χ4v) is 4.93. The van der Waals surface area contributed by atoms with Crippen LogP contribution in [0.5, 0.6) is 0 Å². The van der Waals surface area contributed by atoms with Gasteiger partial charge in [-0.3, -0.25) is 4.79 Å². The molecule has 12 heteroatoms. The lowest BCUT2D eigenvalue weighted by Crippen LogP contribution is -2.49. The Morgan fingerprint density at radius 3 is 2.03 bits per heavy atom. The topological polar surface area (TPSA) is 75.5 Å². The Bertz CT molecular complexity index is 1120. The Labute approximate surface area is 183 Å². The Kier molecular flexibility index (Phi) is 6.16. The van der Waals surface area contributed by atoms with Gasteiger partial charge in [0.2, 0.25) is 10.0 Å². The highest BCUT2D eigenvalue weighted by Crippen LogP contribution is 2.31. The van der Waals surface area contributed by atoms with Crippen LogP contribution in [-0.4, -0.2) is 48.7 Å². The molecule has 0 bridgehead atoms. The summed E-state index contributed by atoms with van der Waals surface area (Å²) in [5.74, 6) is 0. The molecule has 0 atom stereocenters. The van der Waals surface area contributed by atoms with Crippen LogP contribution >= 0.6 is 11.6 Å². The van der Waals surface area contributed by atoms with E-state index in [1.54, 1.807) is 4.90 Å². The Morgan fingerprint density at radius 2 is 1.55 bits per heavy atom. The molecule has 3 rings (SSSR count). The second-order valence-corrected chi connectivity index (χ2v) is 10.5. The molecule has 2 aromatic rings. The van der Waals surface area contributed by atoms with Gasteiger partial charge in [-0.25, -0.2) is 13.1 Å². The van der Waals surface area contributed by atoms with Crippen LogP contribution in [0.3, 0.4) is 0 Å². The highest BCUT2D eigenvalue weighted by Gasteiger charge is 2.33. The van der Waals surface area contributed by atoms with Crippen molar-refractivity contribution in [3.05, 3.63) is 51.4 Å². The van der Waals surface area contributed by atoms with Crippen molar-refractivity contribution in [2.24, 2.45) is 0 Å². The van der Waals surface area contributed by atoms with Gasteiger partial charge >= 0.3 is 6.18 Å². The van der Waals surface area contributed by atoms with Crippen molar-refractivity contribution >= 4 is 27.3 Å². The van der Waals surface area contributed by atoms with Crippen LogP contribution in [0, 0.1) is 0 Å². The first-order valence-electron chi connectivity index (χ1n) is 9.43. The van der Waals surface area contributed by atoms with Gasteiger partial charge in [-0.2, -0.15) is 22.6 Å². The van der Waals surface area contributed by atoms with E-state index in [2.05, 4.69) is 5.10 Å². The van der Waals surface area contributed by atoms with Gasteiger partial charge < -0.3 is 4.90 Å². The summed E-state index contributed by atoms with van der Waals surface area (Å²) in [7, 11) is -3.95. The van der Waals surface area contributed by atoms with Crippen molar-refractivity contribution in [3.63, 3.8) is 0 Å². The standard InChI is InChI=1S/C19H22ClF3N4O3S/c1-18(2,3)27-17(28)16(20)15(12-24-27)25-8-10-26(11-9-25)31(29,30)14-6-4-13(5-7-14)19(21,22)23/h4-7,12H,8-11H2,1-3H3. The molecular formula is C19H22ClF3N4O3S. The fraction of sp³-hybridized carbons (Fsp3) is 0.474. The highest BCUT2D eigenvalue weighted by molar-refractivity contribution is 7.89. The van der Waals surface area contributed by atoms with Crippen LogP contribution in [0.25, 0.3) is 0 Å². The molecule has 1 aromatic heterocycles. The van der Waals surface area contributed by atoms with E-state index in [1.165, 1.54) is 15.2 Å². The van der Waals surface area contributed by atoms with Gasteiger partial charge in [0.1, 0.15) is 5.02 Å². The first-order valence-corrected chi connectivity index (χ1v) is 11.3. The summed E-state index contributed by atoms with van der Waals surface area (Å²) in [5, 5.41) is 4.19. The summed E-state index contributed by atoms with van der Waals surface area (Å²) in [6, 6.07) is 3.41. The van der Waals surface area contributed by atoms with Gasteiger partial charge in [0.25, 0.3) is 5.56 Å². The molecule has 1 fully saturated rings. The smallest absolute Gasteiger partial charge is 0.366 e. The van der Waals surface area contributed by atoms with Gasteiger partial charge in [0.15, 0.2) is 0 Å². The maximum absolute atomic E-state index is 12.8. The summed E-state index contributed by atoms with van der Waals surface area (Å²) in [6.45, 7) is 6.14. The van der Waals surface area contributed by atoms with Crippen molar-refractivity contribution in [3.8, 4) is 0 Å². The van der Waals surface area contributed by atoms with Crippen LogP contribution in [0.15, 0.2) is 40.2 Å². The number of benzene rings is 1. The van der Waals surface area contributed by atoms with Gasteiger partial charge in [-0.1, -0.05) is 11.6 Å². The van der Waals surface area contributed by atoms with Crippen molar-refractivity contribution in [2.75, 3.05) is 31.1 Å². The SMILES string of the molecule is CC(C)(C)n1ncc(N2CCN(S(=O)(=O)c3ccc(C(F)(F)F)cc3)CC2)c(Cl)c1=O. The normalized spacial score (nSPS) is 16.5. The van der Waals surface area contributed by atoms with E-state index >= 15 is 0 Å². The maximum Gasteiger partial charge on any atom is 0.416 e. The summed E-state index contributed by atoms with van der Waals surface area (Å²) in [6.07, 6.45) is -3.06. The maximum atomic E-state index is 12.8. The molecule has 0 N–H and O–H groups in total. The van der Waals surface area contributed by atoms with E-state index < -0.39 is 32.9 Å². The number of hydrogen-bond acceptors (Lipinski definition) is 5. The third-order valence-electron chi connectivity index (χ3n) is 4.93. The third kappa shape index (κ3) is 4.73. The quantitative estimate of drug-likeness (QED) is 0.677. The zero-order valence-corrected chi connectivity index (χ0v) is 18.7. The number of halogens is 4. The summed E-state index contributed by atoms with van der Waals surface area (Å²) < 4.78 is 66.2. The number of alkyl halides is 3. The second kappa shape index (κ2) is 8.10. The lowest BCUT2D eigenvalue weighted by Gasteiger charge is -2.35. The molecule has 0 saturated carbocycles. The van der Waals surface area contributed by atoms with E-state index in [1.807, 2.05) is 20.8 Å². The number of aromatic nitrogens is 2. The van der Waals surface area contributed by atoms with Crippen LogP contribution in [0.4, 0.5) is 18.9 Å². The number of hydrogen-bond donors (Lipinski definition) is 0. The Morgan fingerprint density at radius 1 is 1.00 bits per heavy atom. The van der Waals surface area contributed by atoms with Crippen molar-refractivity contribution in [1.82, 2.24) is 14.1 Å². The van der Waals surface area contributed by atoms with Crippen molar-refractivity contribution in [2.45, 2.75) is 37.4 Å². The molecule has 1 saturated heterocycles. The van der Waals surface area contributed by atoms with E-state index in [0.717, 1.165) is 24.3 Å². The van der Waals surface area contributed by atoms with E-state index in [-0.39, 0.29) is 36.1 Å². The first-order chi connectivity index (χ1) is 14.2. The predicted molar refractivity (Wildman–Crippen MR) is 111 cm³/mol. The summed E-state index contributed by atoms with van der Waals surface area (Å²) in [5.41, 5.74) is -1.48. The second-order valence-electron chi connectivity index (χ2n) is 8.14. The van der Waals surface area contributed by atoms with Gasteiger partial charge in [-0.05, 0) is 45.0 Å². The minimum Gasteiger partial charge on any atom is -0.366 e. The number of anilines is 1. The zero-order valence-electron chi connectivity index (χ0n) is 17.1. The number of piperazine rings is 1. The van der Waals surface area contributed by atoms with E-state index in [0.29, 0.717) is 5.69 Å². The average Bonchev–Trinajstić information content (AvgIpc) is 2.68.